The van der Waals surface area contributed by atoms with Gasteiger partial charge < -0.3 is 0 Å². The Morgan fingerprint density at radius 1 is 1.35 bits per heavy atom. The Balaban J connectivity index is 2.77. The number of aryl methyl sites for hydroxylation is 1. The number of nitrogens with one attached hydrogen (secondary N) is 1. The van der Waals surface area contributed by atoms with Crippen molar-refractivity contribution >= 4 is 11.6 Å². The van der Waals surface area contributed by atoms with Crippen molar-refractivity contribution in [2.24, 2.45) is 5.10 Å². The van der Waals surface area contributed by atoms with Crippen LogP contribution in [-0.4, -0.2) is 21.6 Å². The minimum absolute atomic E-state index is 0.0752. The zero-order chi connectivity index (χ0) is 12.7. The van der Waals surface area contributed by atoms with Crippen LogP contribution in [0.2, 0.25) is 0 Å². The third-order valence-corrected chi connectivity index (χ3v) is 2.28. The molecule has 1 aromatic rings. The molecule has 0 aliphatic carbocycles. The van der Waals surface area contributed by atoms with E-state index in [1.165, 1.54) is 0 Å². The topological polar surface area (TPSA) is 67.2 Å². The van der Waals surface area contributed by atoms with E-state index in [-0.39, 0.29) is 5.91 Å². The van der Waals surface area contributed by atoms with Gasteiger partial charge in [0.1, 0.15) is 5.69 Å². The lowest BCUT2D eigenvalue weighted by Gasteiger charge is -2.05. The highest BCUT2D eigenvalue weighted by Crippen LogP contribution is 2.03. The predicted molar refractivity (Wildman–Crippen MR) is 66.7 cm³/mol. The van der Waals surface area contributed by atoms with Crippen LogP contribution in [0.3, 0.4) is 0 Å². The maximum atomic E-state index is 11.3. The van der Waals surface area contributed by atoms with Crippen LogP contribution < -0.4 is 5.43 Å². The van der Waals surface area contributed by atoms with Crippen LogP contribution in [0.5, 0.6) is 0 Å². The predicted octanol–water partition coefficient (Wildman–Crippen LogP) is 1.68. The third-order valence-electron chi connectivity index (χ3n) is 2.28. The Morgan fingerprint density at radius 3 is 2.71 bits per heavy atom. The number of hydrogen-bond acceptors (Lipinski definition) is 4. The Hall–Kier alpha value is -1.78. The van der Waals surface area contributed by atoms with Gasteiger partial charge in [0.05, 0.1) is 11.4 Å². The minimum atomic E-state index is -0.0752. The first kappa shape index (κ1) is 13.3. The van der Waals surface area contributed by atoms with Crippen molar-refractivity contribution in [2.45, 2.75) is 40.0 Å². The lowest BCUT2D eigenvalue weighted by Crippen LogP contribution is -2.19. The first-order chi connectivity index (χ1) is 8.19. The maximum Gasteiger partial charge on any atom is 0.240 e. The molecule has 0 saturated heterocycles. The SMILES string of the molecule is CCCC(=O)NN=C(C)c1nccnc1CC. The molecule has 1 aromatic heterocycles. The molecule has 1 N–H and O–H groups in total. The zero-order valence-corrected chi connectivity index (χ0v) is 10.5. The molecule has 5 nitrogen and oxygen atoms in total. The maximum absolute atomic E-state index is 11.3. The van der Waals surface area contributed by atoms with Crippen molar-refractivity contribution in [1.29, 1.82) is 0 Å². The second-order valence-electron chi connectivity index (χ2n) is 3.69. The van der Waals surface area contributed by atoms with Crippen molar-refractivity contribution in [2.75, 3.05) is 0 Å². The summed E-state index contributed by atoms with van der Waals surface area (Å²) < 4.78 is 0. The van der Waals surface area contributed by atoms with Crippen LogP contribution in [-0.2, 0) is 11.2 Å². The van der Waals surface area contributed by atoms with Gasteiger partial charge in [0.15, 0.2) is 0 Å². The van der Waals surface area contributed by atoms with Gasteiger partial charge >= 0.3 is 0 Å². The van der Waals surface area contributed by atoms with E-state index in [4.69, 9.17) is 0 Å². The molecular weight excluding hydrogens is 216 g/mol. The van der Waals surface area contributed by atoms with E-state index >= 15 is 0 Å². The fourth-order valence-electron chi connectivity index (χ4n) is 1.41. The Labute approximate surface area is 101 Å². The molecule has 0 aliphatic heterocycles. The molecule has 0 aliphatic rings. The first-order valence-electron chi connectivity index (χ1n) is 5.82. The number of nitrogens with zero attached hydrogens (tertiary/aromatic N) is 3. The van der Waals surface area contributed by atoms with Crippen molar-refractivity contribution in [1.82, 2.24) is 15.4 Å². The average molecular weight is 234 g/mol. The molecule has 0 saturated carbocycles. The summed E-state index contributed by atoms with van der Waals surface area (Å²) in [5.74, 6) is -0.0752. The van der Waals surface area contributed by atoms with Gasteiger partial charge in [-0.3, -0.25) is 14.8 Å². The monoisotopic (exact) mass is 234 g/mol. The highest BCUT2D eigenvalue weighted by molar-refractivity contribution is 5.98. The zero-order valence-electron chi connectivity index (χ0n) is 10.5. The molecule has 1 rings (SSSR count). The van der Waals surface area contributed by atoms with Gasteiger partial charge in [0.2, 0.25) is 5.91 Å². The lowest BCUT2D eigenvalue weighted by molar-refractivity contribution is -0.121. The first-order valence-corrected chi connectivity index (χ1v) is 5.82. The summed E-state index contributed by atoms with van der Waals surface area (Å²) in [7, 11) is 0. The smallest absolute Gasteiger partial charge is 0.240 e. The van der Waals surface area contributed by atoms with Crippen LogP contribution in [0.25, 0.3) is 0 Å². The standard InChI is InChI=1S/C12H18N4O/c1-4-6-11(17)16-15-9(3)12-10(5-2)13-7-8-14-12/h7-8H,4-6H2,1-3H3,(H,16,17). The average Bonchev–Trinajstić information content (AvgIpc) is 2.36. The Morgan fingerprint density at radius 2 is 2.06 bits per heavy atom. The fraction of sp³-hybridized carbons (Fsp3) is 0.500. The highest BCUT2D eigenvalue weighted by Gasteiger charge is 2.06. The Bertz CT molecular complexity index is 415. The molecule has 0 spiro atoms. The summed E-state index contributed by atoms with van der Waals surface area (Å²) in [6.45, 7) is 5.78. The molecule has 17 heavy (non-hydrogen) atoms. The number of hydrazone groups is 1. The molecule has 0 aromatic carbocycles. The number of carbonyl (C=O) groups excluding carboxylic acids is 1. The summed E-state index contributed by atoms with van der Waals surface area (Å²) in [6.07, 6.45) is 5.37. The van der Waals surface area contributed by atoms with E-state index in [0.29, 0.717) is 12.1 Å². The van der Waals surface area contributed by atoms with Crippen LogP contribution in [0, 0.1) is 0 Å². The van der Waals surface area contributed by atoms with Crippen molar-refractivity contribution in [3.8, 4) is 0 Å². The van der Waals surface area contributed by atoms with Gasteiger partial charge in [-0.05, 0) is 19.8 Å². The lowest BCUT2D eigenvalue weighted by atomic mass is 10.2. The fourth-order valence-corrected chi connectivity index (χ4v) is 1.41. The molecular formula is C12H18N4O. The van der Waals surface area contributed by atoms with E-state index in [2.05, 4.69) is 20.5 Å². The normalized spacial score (nSPS) is 11.4. The quantitative estimate of drug-likeness (QED) is 0.622. The number of rotatable bonds is 5. The van der Waals surface area contributed by atoms with Crippen molar-refractivity contribution < 1.29 is 4.79 Å². The van der Waals surface area contributed by atoms with Gasteiger partial charge in [-0.1, -0.05) is 13.8 Å². The second-order valence-corrected chi connectivity index (χ2v) is 3.69. The third kappa shape index (κ3) is 3.94. The molecule has 1 amide bonds. The number of hydrogen-bond donors (Lipinski definition) is 1. The molecule has 0 atom stereocenters. The second kappa shape index (κ2) is 6.73. The van der Waals surface area contributed by atoms with E-state index < -0.39 is 0 Å². The highest BCUT2D eigenvalue weighted by atomic mass is 16.2. The van der Waals surface area contributed by atoms with E-state index in [1.54, 1.807) is 12.4 Å². The van der Waals surface area contributed by atoms with Gasteiger partial charge in [-0.2, -0.15) is 5.10 Å². The van der Waals surface area contributed by atoms with E-state index in [1.807, 2.05) is 20.8 Å². The summed E-state index contributed by atoms with van der Waals surface area (Å²) in [5.41, 5.74) is 4.82. The molecule has 0 radical (unpaired) electrons. The van der Waals surface area contributed by atoms with E-state index in [9.17, 15) is 4.79 Å². The van der Waals surface area contributed by atoms with Gasteiger partial charge in [-0.25, -0.2) is 5.43 Å². The van der Waals surface area contributed by atoms with E-state index in [0.717, 1.165) is 24.2 Å². The largest absolute Gasteiger partial charge is 0.273 e. The molecule has 0 fully saturated rings. The molecule has 5 heteroatoms. The molecule has 1 heterocycles. The van der Waals surface area contributed by atoms with Crippen LogP contribution in [0.4, 0.5) is 0 Å². The summed E-state index contributed by atoms with van der Waals surface area (Å²) in [4.78, 5) is 19.7. The summed E-state index contributed by atoms with van der Waals surface area (Å²) >= 11 is 0. The molecule has 0 bridgehead atoms. The summed E-state index contributed by atoms with van der Waals surface area (Å²) in [5, 5.41) is 4.04. The summed E-state index contributed by atoms with van der Waals surface area (Å²) in [6, 6.07) is 0. The number of aromatic nitrogens is 2. The molecule has 0 unspecified atom stereocenters. The van der Waals surface area contributed by atoms with Crippen LogP contribution in [0.15, 0.2) is 17.5 Å². The number of amides is 1. The minimum Gasteiger partial charge on any atom is -0.273 e. The van der Waals surface area contributed by atoms with Gasteiger partial charge in [-0.15, -0.1) is 0 Å². The van der Waals surface area contributed by atoms with Crippen LogP contribution in [0.1, 0.15) is 45.0 Å². The van der Waals surface area contributed by atoms with Gasteiger partial charge in [0.25, 0.3) is 0 Å². The van der Waals surface area contributed by atoms with Crippen molar-refractivity contribution in [3.63, 3.8) is 0 Å². The number of carbonyl (C=O) groups is 1. The molecule has 92 valence electrons. The van der Waals surface area contributed by atoms with Gasteiger partial charge in [0, 0.05) is 18.8 Å². The van der Waals surface area contributed by atoms with Crippen LogP contribution >= 0.6 is 0 Å². The van der Waals surface area contributed by atoms with Crippen molar-refractivity contribution in [3.05, 3.63) is 23.8 Å². The Kier molecular flexibility index (Phi) is 5.26.